The molecule has 0 radical (unpaired) electrons. The monoisotopic (exact) mass is 538 g/mol. The van der Waals surface area contributed by atoms with Crippen LogP contribution in [0, 0.1) is 5.92 Å². The Labute approximate surface area is 228 Å². The lowest BCUT2D eigenvalue weighted by Gasteiger charge is -2.50. The van der Waals surface area contributed by atoms with Gasteiger partial charge in [0.05, 0.1) is 6.10 Å². The Hall–Kier alpha value is -2.28. The fourth-order valence-electron chi connectivity index (χ4n) is 6.38. The second-order valence-corrected chi connectivity index (χ2v) is 11.5. The van der Waals surface area contributed by atoms with Crippen molar-refractivity contribution in [3.8, 4) is 22.6 Å². The van der Waals surface area contributed by atoms with Gasteiger partial charge in [0.1, 0.15) is 0 Å². The van der Waals surface area contributed by atoms with Crippen LogP contribution >= 0.6 is 23.2 Å². The van der Waals surface area contributed by atoms with Crippen LogP contribution in [0.3, 0.4) is 0 Å². The molecule has 0 saturated carbocycles. The first-order valence-corrected chi connectivity index (χ1v) is 13.7. The molecule has 1 N–H and O–H groups in total. The molecule has 0 bridgehead atoms. The first-order chi connectivity index (χ1) is 17.9. The number of halogens is 2. The number of rotatable bonds is 5. The molecule has 6 rings (SSSR count). The van der Waals surface area contributed by atoms with Gasteiger partial charge in [-0.25, -0.2) is 0 Å². The molecule has 0 amide bonds. The summed E-state index contributed by atoms with van der Waals surface area (Å²) in [7, 11) is 2.15. The standard InChI is InChI=1S/C30H32Cl2N2O3/c1-18(35)26-16-34-8-7-20-3-4-21(22-5-6-29-30(12-22)37-17-36-29)11-25(20)28(34)14-27(26)33(2)15-19-9-23(31)13-24(32)10-19/h3-6,9-13,18,26-28,35H,7-8,14-17H2,1-2H3/t18-,26-,27-,28-/m0/s1. The average Bonchev–Trinajstić information content (AvgIpc) is 3.35. The van der Waals surface area contributed by atoms with E-state index in [1.165, 1.54) is 16.7 Å². The normalized spacial score (nSPS) is 23.6. The molecule has 3 heterocycles. The first-order valence-electron chi connectivity index (χ1n) is 13.0. The van der Waals surface area contributed by atoms with Crippen molar-refractivity contribution in [1.29, 1.82) is 0 Å². The second kappa shape index (κ2) is 10.1. The summed E-state index contributed by atoms with van der Waals surface area (Å²) in [5.41, 5.74) is 6.23. The molecule has 3 aliphatic heterocycles. The zero-order valence-corrected chi connectivity index (χ0v) is 22.7. The fraction of sp³-hybridized carbons (Fsp3) is 0.400. The van der Waals surface area contributed by atoms with Crippen LogP contribution < -0.4 is 9.47 Å². The third-order valence-electron chi connectivity index (χ3n) is 8.26. The van der Waals surface area contributed by atoms with E-state index in [4.69, 9.17) is 32.7 Å². The van der Waals surface area contributed by atoms with Gasteiger partial charge in [-0.1, -0.05) is 41.4 Å². The van der Waals surface area contributed by atoms with Gasteiger partial charge < -0.3 is 14.6 Å². The smallest absolute Gasteiger partial charge is 0.231 e. The zero-order chi connectivity index (χ0) is 25.7. The Bertz CT molecular complexity index is 1290. The summed E-state index contributed by atoms with van der Waals surface area (Å²) in [5.74, 6) is 1.77. The minimum Gasteiger partial charge on any atom is -0.454 e. The van der Waals surface area contributed by atoms with E-state index in [-0.39, 0.29) is 18.8 Å². The molecule has 194 valence electrons. The van der Waals surface area contributed by atoms with E-state index in [0.29, 0.717) is 16.1 Å². The number of hydrogen-bond donors (Lipinski definition) is 1. The van der Waals surface area contributed by atoms with Crippen molar-refractivity contribution in [3.63, 3.8) is 0 Å². The molecule has 3 aromatic carbocycles. The van der Waals surface area contributed by atoms with Crippen LogP contribution in [0.25, 0.3) is 11.1 Å². The van der Waals surface area contributed by atoms with E-state index in [0.717, 1.165) is 55.1 Å². The summed E-state index contributed by atoms with van der Waals surface area (Å²) in [6.07, 6.45) is 1.59. The molecule has 0 aliphatic carbocycles. The van der Waals surface area contributed by atoms with Crippen molar-refractivity contribution < 1.29 is 14.6 Å². The molecule has 3 aliphatic rings. The van der Waals surface area contributed by atoms with Crippen molar-refractivity contribution in [2.24, 2.45) is 5.92 Å². The number of ether oxygens (including phenoxy) is 2. The van der Waals surface area contributed by atoms with Gasteiger partial charge in [0.15, 0.2) is 11.5 Å². The number of nitrogens with zero attached hydrogens (tertiary/aromatic N) is 2. The predicted molar refractivity (Wildman–Crippen MR) is 148 cm³/mol. The lowest BCUT2D eigenvalue weighted by atomic mass is 9.77. The van der Waals surface area contributed by atoms with Crippen LogP contribution in [-0.4, -0.2) is 54.0 Å². The van der Waals surface area contributed by atoms with Gasteiger partial charge in [0.2, 0.25) is 6.79 Å². The second-order valence-electron chi connectivity index (χ2n) is 10.6. The van der Waals surface area contributed by atoms with Crippen LogP contribution in [-0.2, 0) is 13.0 Å². The SMILES string of the molecule is C[C@H](O)[C@@H]1CN2CCc3ccc(-c4ccc5c(c4)OCO5)cc3[C@@H]2C[C@@H]1N(C)Cc1cc(Cl)cc(Cl)c1. The molecule has 0 spiro atoms. The topological polar surface area (TPSA) is 45.2 Å². The van der Waals surface area contributed by atoms with Crippen LogP contribution in [0.4, 0.5) is 0 Å². The maximum absolute atomic E-state index is 10.8. The third kappa shape index (κ3) is 4.96. The molecule has 0 unspecified atom stereocenters. The van der Waals surface area contributed by atoms with Gasteiger partial charge in [0, 0.05) is 47.7 Å². The highest BCUT2D eigenvalue weighted by Crippen LogP contribution is 2.43. The Balaban J connectivity index is 1.30. The third-order valence-corrected chi connectivity index (χ3v) is 8.70. The molecule has 5 nitrogen and oxygen atoms in total. The number of hydrogen-bond acceptors (Lipinski definition) is 5. The van der Waals surface area contributed by atoms with Crippen LogP contribution in [0.1, 0.15) is 36.1 Å². The van der Waals surface area contributed by atoms with Gasteiger partial charge in [0.25, 0.3) is 0 Å². The summed E-state index contributed by atoms with van der Waals surface area (Å²) >= 11 is 12.6. The van der Waals surface area contributed by atoms with Crippen LogP contribution in [0.15, 0.2) is 54.6 Å². The lowest BCUT2D eigenvalue weighted by Crippen LogP contribution is -2.55. The zero-order valence-electron chi connectivity index (χ0n) is 21.2. The summed E-state index contributed by atoms with van der Waals surface area (Å²) in [6, 6.07) is 19.3. The molecule has 7 heteroatoms. The highest BCUT2D eigenvalue weighted by molar-refractivity contribution is 6.34. The highest BCUT2D eigenvalue weighted by Gasteiger charge is 2.42. The van der Waals surface area contributed by atoms with E-state index in [1.807, 2.05) is 25.1 Å². The van der Waals surface area contributed by atoms with Crippen molar-refractivity contribution in [2.75, 3.05) is 26.9 Å². The largest absolute Gasteiger partial charge is 0.454 e. The van der Waals surface area contributed by atoms with Crippen molar-refractivity contribution in [2.45, 2.75) is 44.5 Å². The van der Waals surface area contributed by atoms with Crippen LogP contribution in [0.2, 0.25) is 10.0 Å². The van der Waals surface area contributed by atoms with E-state index < -0.39 is 6.10 Å². The van der Waals surface area contributed by atoms with E-state index >= 15 is 0 Å². The number of benzene rings is 3. The quantitative estimate of drug-likeness (QED) is 0.419. The van der Waals surface area contributed by atoms with Gasteiger partial charge in [-0.3, -0.25) is 9.80 Å². The maximum Gasteiger partial charge on any atom is 0.231 e. The molecular weight excluding hydrogens is 507 g/mol. The molecular formula is C30H32Cl2N2O3. The highest BCUT2D eigenvalue weighted by atomic mass is 35.5. The fourth-order valence-corrected chi connectivity index (χ4v) is 6.96. The Kier molecular flexibility index (Phi) is 6.85. The molecule has 1 saturated heterocycles. The molecule has 1 fully saturated rings. The predicted octanol–water partition coefficient (Wildman–Crippen LogP) is 6.19. The van der Waals surface area contributed by atoms with Gasteiger partial charge >= 0.3 is 0 Å². The summed E-state index contributed by atoms with van der Waals surface area (Å²) in [6.45, 7) is 4.83. The summed E-state index contributed by atoms with van der Waals surface area (Å²) in [4.78, 5) is 4.94. The van der Waals surface area contributed by atoms with Gasteiger partial charge in [-0.2, -0.15) is 0 Å². The molecule has 37 heavy (non-hydrogen) atoms. The molecule has 0 aromatic heterocycles. The van der Waals surface area contributed by atoms with E-state index in [2.05, 4.69) is 47.2 Å². The van der Waals surface area contributed by atoms with Gasteiger partial charge in [-0.05, 0) is 91.0 Å². The van der Waals surface area contributed by atoms with E-state index in [1.54, 1.807) is 6.07 Å². The Morgan fingerprint density at radius 3 is 2.51 bits per heavy atom. The Morgan fingerprint density at radius 1 is 1.00 bits per heavy atom. The number of fused-ring (bicyclic) bond motifs is 4. The minimum atomic E-state index is -0.391. The average molecular weight is 540 g/mol. The number of aliphatic hydroxyl groups is 1. The van der Waals surface area contributed by atoms with Crippen molar-refractivity contribution >= 4 is 23.2 Å². The summed E-state index contributed by atoms with van der Waals surface area (Å²) in [5, 5.41) is 12.1. The number of piperidine rings is 1. The minimum absolute atomic E-state index is 0.162. The lowest BCUT2D eigenvalue weighted by molar-refractivity contribution is -0.0307. The van der Waals surface area contributed by atoms with E-state index in [9.17, 15) is 5.11 Å². The molecule has 3 aromatic rings. The van der Waals surface area contributed by atoms with Gasteiger partial charge in [-0.15, -0.1) is 0 Å². The van der Waals surface area contributed by atoms with Crippen molar-refractivity contribution in [3.05, 3.63) is 81.3 Å². The number of aliphatic hydroxyl groups excluding tert-OH is 1. The first kappa shape index (κ1) is 25.0. The van der Waals surface area contributed by atoms with Crippen LogP contribution in [0.5, 0.6) is 11.5 Å². The summed E-state index contributed by atoms with van der Waals surface area (Å²) < 4.78 is 11.1. The van der Waals surface area contributed by atoms with Crippen molar-refractivity contribution in [1.82, 2.24) is 9.80 Å². The maximum atomic E-state index is 10.8. The Morgan fingerprint density at radius 2 is 1.73 bits per heavy atom. The molecule has 4 atom stereocenters.